The van der Waals surface area contributed by atoms with Crippen molar-refractivity contribution in [3.63, 3.8) is 0 Å². The molecule has 0 aliphatic heterocycles. The van der Waals surface area contributed by atoms with E-state index in [9.17, 15) is 0 Å². The molecular formula is C14H17N5. The third kappa shape index (κ3) is 2.07. The topological polar surface area (TPSA) is 61.7 Å². The zero-order chi connectivity index (χ0) is 13.4. The maximum Gasteiger partial charge on any atom is 0.201 e. The van der Waals surface area contributed by atoms with Crippen molar-refractivity contribution in [3.05, 3.63) is 42.2 Å². The SMILES string of the molecule is Cc1ccc2c(c1)nc(N)n2C(C)Cn1cccn1. The van der Waals surface area contributed by atoms with Gasteiger partial charge in [0, 0.05) is 12.4 Å². The number of aromatic nitrogens is 4. The van der Waals surface area contributed by atoms with Crippen LogP contribution in [0.1, 0.15) is 18.5 Å². The number of nitrogens with zero attached hydrogens (tertiary/aromatic N) is 4. The minimum Gasteiger partial charge on any atom is -0.369 e. The molecule has 0 spiro atoms. The van der Waals surface area contributed by atoms with Gasteiger partial charge in [0.2, 0.25) is 5.95 Å². The summed E-state index contributed by atoms with van der Waals surface area (Å²) in [6, 6.07) is 8.34. The zero-order valence-electron chi connectivity index (χ0n) is 11.1. The Hall–Kier alpha value is -2.30. The second kappa shape index (κ2) is 4.42. The molecule has 3 aromatic rings. The van der Waals surface area contributed by atoms with E-state index in [4.69, 9.17) is 5.73 Å². The highest BCUT2D eigenvalue weighted by Gasteiger charge is 2.14. The average molecular weight is 255 g/mol. The van der Waals surface area contributed by atoms with Gasteiger partial charge in [-0.15, -0.1) is 0 Å². The Balaban J connectivity index is 2.01. The van der Waals surface area contributed by atoms with Crippen LogP contribution in [-0.2, 0) is 6.54 Å². The third-order valence-corrected chi connectivity index (χ3v) is 3.32. The van der Waals surface area contributed by atoms with Gasteiger partial charge in [-0.25, -0.2) is 4.98 Å². The Morgan fingerprint density at radius 1 is 1.37 bits per heavy atom. The van der Waals surface area contributed by atoms with Gasteiger partial charge in [-0.1, -0.05) is 6.07 Å². The van der Waals surface area contributed by atoms with Gasteiger partial charge in [-0.05, 0) is 37.6 Å². The number of nitrogens with two attached hydrogens (primary N) is 1. The van der Waals surface area contributed by atoms with Gasteiger partial charge in [0.25, 0.3) is 0 Å². The van der Waals surface area contributed by atoms with Crippen LogP contribution < -0.4 is 5.73 Å². The lowest BCUT2D eigenvalue weighted by Gasteiger charge is -2.16. The second-order valence-corrected chi connectivity index (χ2v) is 4.91. The summed E-state index contributed by atoms with van der Waals surface area (Å²) in [6.45, 7) is 4.96. The Kier molecular flexibility index (Phi) is 2.74. The molecule has 0 amide bonds. The number of anilines is 1. The quantitative estimate of drug-likeness (QED) is 0.781. The van der Waals surface area contributed by atoms with E-state index in [0.29, 0.717) is 5.95 Å². The summed E-state index contributed by atoms with van der Waals surface area (Å²) in [5.41, 5.74) is 9.27. The number of benzene rings is 1. The highest BCUT2D eigenvalue weighted by molar-refractivity contribution is 5.79. The fraction of sp³-hybridized carbons (Fsp3) is 0.286. The summed E-state index contributed by atoms with van der Waals surface area (Å²) in [6.07, 6.45) is 3.74. The van der Waals surface area contributed by atoms with Gasteiger partial charge in [-0.3, -0.25) is 4.68 Å². The predicted molar refractivity (Wildman–Crippen MR) is 75.8 cm³/mol. The number of fused-ring (bicyclic) bond motifs is 1. The van der Waals surface area contributed by atoms with E-state index >= 15 is 0 Å². The standard InChI is InChI=1S/C14H17N5/c1-10-4-5-13-12(8-10)17-14(15)19(13)11(2)9-18-7-3-6-16-18/h3-8,11H,9H2,1-2H3,(H2,15,17). The van der Waals surface area contributed by atoms with Crippen molar-refractivity contribution in [2.24, 2.45) is 0 Å². The normalized spacial score (nSPS) is 12.9. The Bertz CT molecular complexity index is 696. The number of nitrogen functional groups attached to an aromatic ring is 1. The van der Waals surface area contributed by atoms with Crippen LogP contribution in [0.4, 0.5) is 5.95 Å². The molecule has 5 nitrogen and oxygen atoms in total. The van der Waals surface area contributed by atoms with E-state index in [1.54, 1.807) is 6.20 Å². The first-order chi connectivity index (χ1) is 9.15. The molecule has 1 unspecified atom stereocenters. The molecule has 2 heterocycles. The highest BCUT2D eigenvalue weighted by atomic mass is 15.3. The summed E-state index contributed by atoms with van der Waals surface area (Å²) in [4.78, 5) is 4.44. The largest absolute Gasteiger partial charge is 0.369 e. The summed E-state index contributed by atoms with van der Waals surface area (Å²) in [7, 11) is 0. The molecule has 0 saturated carbocycles. The molecule has 19 heavy (non-hydrogen) atoms. The number of hydrogen-bond donors (Lipinski definition) is 1. The van der Waals surface area contributed by atoms with Gasteiger partial charge in [0.05, 0.1) is 23.6 Å². The Labute approximate surface area is 111 Å². The average Bonchev–Trinajstić information content (AvgIpc) is 2.95. The van der Waals surface area contributed by atoms with Crippen LogP contribution in [0.25, 0.3) is 11.0 Å². The summed E-state index contributed by atoms with van der Waals surface area (Å²) < 4.78 is 3.97. The van der Waals surface area contributed by atoms with Crippen molar-refractivity contribution < 1.29 is 0 Å². The molecule has 0 bridgehead atoms. The molecule has 1 atom stereocenters. The molecule has 2 N–H and O–H groups in total. The zero-order valence-corrected chi connectivity index (χ0v) is 11.1. The molecule has 0 saturated heterocycles. The van der Waals surface area contributed by atoms with Gasteiger partial charge >= 0.3 is 0 Å². The van der Waals surface area contributed by atoms with E-state index in [2.05, 4.69) is 46.7 Å². The fourth-order valence-electron chi connectivity index (χ4n) is 2.45. The first-order valence-electron chi connectivity index (χ1n) is 6.36. The Morgan fingerprint density at radius 2 is 2.21 bits per heavy atom. The van der Waals surface area contributed by atoms with Crippen LogP contribution in [0.3, 0.4) is 0 Å². The van der Waals surface area contributed by atoms with Crippen molar-refractivity contribution in [2.45, 2.75) is 26.4 Å². The second-order valence-electron chi connectivity index (χ2n) is 4.91. The summed E-state index contributed by atoms with van der Waals surface area (Å²) in [5.74, 6) is 0.556. The van der Waals surface area contributed by atoms with Crippen molar-refractivity contribution in [2.75, 3.05) is 5.73 Å². The Morgan fingerprint density at radius 3 is 2.95 bits per heavy atom. The van der Waals surface area contributed by atoms with Crippen molar-refractivity contribution in [1.29, 1.82) is 0 Å². The van der Waals surface area contributed by atoms with Crippen molar-refractivity contribution >= 4 is 17.0 Å². The van der Waals surface area contributed by atoms with Crippen LogP contribution in [-0.4, -0.2) is 19.3 Å². The molecule has 0 aliphatic carbocycles. The number of rotatable bonds is 3. The van der Waals surface area contributed by atoms with E-state index in [-0.39, 0.29) is 6.04 Å². The highest BCUT2D eigenvalue weighted by Crippen LogP contribution is 2.24. The monoisotopic (exact) mass is 255 g/mol. The third-order valence-electron chi connectivity index (χ3n) is 3.32. The van der Waals surface area contributed by atoms with E-state index in [1.165, 1.54) is 5.56 Å². The maximum atomic E-state index is 6.06. The first kappa shape index (κ1) is 11.8. The molecular weight excluding hydrogens is 238 g/mol. The van der Waals surface area contributed by atoms with E-state index < -0.39 is 0 Å². The predicted octanol–water partition coefficient (Wildman–Crippen LogP) is 2.38. The lowest BCUT2D eigenvalue weighted by atomic mass is 10.2. The molecule has 98 valence electrons. The lowest BCUT2D eigenvalue weighted by Crippen LogP contribution is -2.15. The number of imidazole rings is 1. The lowest BCUT2D eigenvalue weighted by molar-refractivity contribution is 0.449. The smallest absolute Gasteiger partial charge is 0.201 e. The van der Waals surface area contributed by atoms with E-state index in [0.717, 1.165) is 17.6 Å². The molecule has 3 rings (SSSR count). The fourth-order valence-corrected chi connectivity index (χ4v) is 2.45. The van der Waals surface area contributed by atoms with Gasteiger partial charge in [0.15, 0.2) is 0 Å². The van der Waals surface area contributed by atoms with Crippen LogP contribution in [0, 0.1) is 6.92 Å². The molecule has 5 heteroatoms. The number of hydrogen-bond acceptors (Lipinski definition) is 3. The van der Waals surface area contributed by atoms with Gasteiger partial charge in [-0.2, -0.15) is 5.10 Å². The molecule has 0 fully saturated rings. The van der Waals surface area contributed by atoms with Crippen molar-refractivity contribution in [3.8, 4) is 0 Å². The van der Waals surface area contributed by atoms with E-state index in [1.807, 2.05) is 16.9 Å². The summed E-state index contributed by atoms with van der Waals surface area (Å²) in [5, 5.41) is 4.23. The molecule has 1 aromatic carbocycles. The minimum atomic E-state index is 0.201. The molecule has 2 aromatic heterocycles. The van der Waals surface area contributed by atoms with Crippen molar-refractivity contribution in [1.82, 2.24) is 19.3 Å². The molecule has 0 aliphatic rings. The first-order valence-corrected chi connectivity index (χ1v) is 6.36. The van der Waals surface area contributed by atoms with Gasteiger partial charge < -0.3 is 10.3 Å². The number of aryl methyl sites for hydroxylation is 1. The van der Waals surface area contributed by atoms with Crippen LogP contribution in [0.2, 0.25) is 0 Å². The summed E-state index contributed by atoms with van der Waals surface area (Å²) >= 11 is 0. The van der Waals surface area contributed by atoms with Crippen LogP contribution >= 0.6 is 0 Å². The van der Waals surface area contributed by atoms with Crippen LogP contribution in [0.5, 0.6) is 0 Å². The minimum absolute atomic E-state index is 0.201. The van der Waals surface area contributed by atoms with Crippen LogP contribution in [0.15, 0.2) is 36.7 Å². The maximum absolute atomic E-state index is 6.06. The van der Waals surface area contributed by atoms with Gasteiger partial charge in [0.1, 0.15) is 0 Å². The molecule has 0 radical (unpaired) electrons.